The summed E-state index contributed by atoms with van der Waals surface area (Å²) in [5.74, 6) is 0.486. The highest BCUT2D eigenvalue weighted by molar-refractivity contribution is 5.31. The fraction of sp³-hybridized carbons (Fsp3) is 0.250. The van der Waals surface area contributed by atoms with Gasteiger partial charge in [-0.2, -0.15) is 0 Å². The standard InChI is InChI=1S/C16H16O/c1-2-6-13(7-3-1)16-10-14-8-4-5-9-15(14)11-17-12-16/h1-9,16H,10-12H2. The highest BCUT2D eigenvalue weighted by Gasteiger charge is 2.17. The molecule has 0 aliphatic carbocycles. The number of hydrogen-bond acceptors (Lipinski definition) is 1. The van der Waals surface area contributed by atoms with Gasteiger partial charge in [0, 0.05) is 5.92 Å². The summed E-state index contributed by atoms with van der Waals surface area (Å²) in [7, 11) is 0. The smallest absolute Gasteiger partial charge is 0.0719 e. The molecule has 0 radical (unpaired) electrons. The van der Waals surface area contributed by atoms with Crippen molar-refractivity contribution in [3.8, 4) is 0 Å². The lowest BCUT2D eigenvalue weighted by Gasteiger charge is -2.14. The second-order valence-corrected chi connectivity index (χ2v) is 4.60. The van der Waals surface area contributed by atoms with Crippen molar-refractivity contribution in [2.45, 2.75) is 18.9 Å². The molecule has 0 saturated carbocycles. The minimum absolute atomic E-state index is 0.486. The minimum atomic E-state index is 0.486. The van der Waals surface area contributed by atoms with Gasteiger partial charge in [-0.3, -0.25) is 0 Å². The fourth-order valence-corrected chi connectivity index (χ4v) is 2.47. The van der Waals surface area contributed by atoms with Crippen molar-refractivity contribution in [3.05, 3.63) is 71.3 Å². The van der Waals surface area contributed by atoms with Crippen molar-refractivity contribution in [1.29, 1.82) is 0 Å². The quantitative estimate of drug-likeness (QED) is 0.720. The van der Waals surface area contributed by atoms with Gasteiger partial charge in [-0.25, -0.2) is 0 Å². The molecule has 3 rings (SSSR count). The molecule has 2 aromatic rings. The Kier molecular flexibility index (Phi) is 2.93. The van der Waals surface area contributed by atoms with Crippen LogP contribution in [0.5, 0.6) is 0 Å². The van der Waals surface area contributed by atoms with Gasteiger partial charge in [-0.1, -0.05) is 54.6 Å². The highest BCUT2D eigenvalue weighted by atomic mass is 16.5. The number of fused-ring (bicyclic) bond motifs is 1. The van der Waals surface area contributed by atoms with Crippen molar-refractivity contribution in [2.75, 3.05) is 6.61 Å². The molecule has 1 aliphatic rings. The molecule has 0 amide bonds. The largest absolute Gasteiger partial charge is 0.376 e. The topological polar surface area (TPSA) is 9.23 Å². The predicted molar refractivity (Wildman–Crippen MR) is 69.0 cm³/mol. The first-order valence-electron chi connectivity index (χ1n) is 6.13. The lowest BCUT2D eigenvalue weighted by atomic mass is 9.92. The normalized spacial score (nSPS) is 19.4. The van der Waals surface area contributed by atoms with E-state index in [9.17, 15) is 0 Å². The first-order chi connectivity index (χ1) is 8.43. The molecule has 1 atom stereocenters. The molecule has 1 nitrogen and oxygen atoms in total. The Morgan fingerprint density at radius 3 is 2.35 bits per heavy atom. The van der Waals surface area contributed by atoms with E-state index in [-0.39, 0.29) is 0 Å². The Morgan fingerprint density at radius 1 is 0.824 bits per heavy atom. The maximum absolute atomic E-state index is 5.79. The van der Waals surface area contributed by atoms with Gasteiger partial charge in [-0.05, 0) is 23.1 Å². The van der Waals surface area contributed by atoms with Crippen molar-refractivity contribution in [2.24, 2.45) is 0 Å². The van der Waals surface area contributed by atoms with Gasteiger partial charge < -0.3 is 4.74 Å². The molecule has 1 aliphatic heterocycles. The molecule has 2 aromatic carbocycles. The van der Waals surface area contributed by atoms with Crippen LogP contribution in [0.4, 0.5) is 0 Å². The second-order valence-electron chi connectivity index (χ2n) is 4.60. The predicted octanol–water partition coefficient (Wildman–Crippen LogP) is 3.54. The molecular formula is C16H16O. The van der Waals surface area contributed by atoms with E-state index in [1.807, 2.05) is 0 Å². The molecule has 0 fully saturated rings. The van der Waals surface area contributed by atoms with Gasteiger partial charge in [0.15, 0.2) is 0 Å². The number of rotatable bonds is 1. The molecular weight excluding hydrogens is 208 g/mol. The maximum Gasteiger partial charge on any atom is 0.0719 e. The van der Waals surface area contributed by atoms with Crippen molar-refractivity contribution in [1.82, 2.24) is 0 Å². The van der Waals surface area contributed by atoms with Crippen LogP contribution < -0.4 is 0 Å². The third kappa shape index (κ3) is 2.25. The Hall–Kier alpha value is -1.60. The first kappa shape index (κ1) is 10.5. The van der Waals surface area contributed by atoms with Crippen LogP contribution in [0.2, 0.25) is 0 Å². The monoisotopic (exact) mass is 224 g/mol. The third-order valence-electron chi connectivity index (χ3n) is 3.43. The van der Waals surface area contributed by atoms with Crippen LogP contribution in [0.15, 0.2) is 54.6 Å². The van der Waals surface area contributed by atoms with Crippen molar-refractivity contribution >= 4 is 0 Å². The van der Waals surface area contributed by atoms with Crippen LogP contribution >= 0.6 is 0 Å². The summed E-state index contributed by atoms with van der Waals surface area (Å²) >= 11 is 0. The average Bonchev–Trinajstić information content (AvgIpc) is 2.62. The molecule has 86 valence electrons. The summed E-state index contributed by atoms with van der Waals surface area (Å²) in [5.41, 5.74) is 4.15. The molecule has 1 heterocycles. The van der Waals surface area contributed by atoms with E-state index in [4.69, 9.17) is 4.74 Å². The van der Waals surface area contributed by atoms with Gasteiger partial charge in [0.2, 0.25) is 0 Å². The molecule has 0 N–H and O–H groups in total. The van der Waals surface area contributed by atoms with Gasteiger partial charge in [-0.15, -0.1) is 0 Å². The summed E-state index contributed by atoms with van der Waals surface area (Å²) < 4.78 is 5.79. The molecule has 0 saturated heterocycles. The molecule has 17 heavy (non-hydrogen) atoms. The maximum atomic E-state index is 5.79. The van der Waals surface area contributed by atoms with Gasteiger partial charge >= 0.3 is 0 Å². The Balaban J connectivity index is 1.91. The van der Waals surface area contributed by atoms with Crippen LogP contribution in [-0.2, 0) is 17.8 Å². The van der Waals surface area contributed by atoms with Crippen LogP contribution in [0.25, 0.3) is 0 Å². The average molecular weight is 224 g/mol. The van der Waals surface area contributed by atoms with E-state index >= 15 is 0 Å². The van der Waals surface area contributed by atoms with E-state index in [0.717, 1.165) is 19.6 Å². The van der Waals surface area contributed by atoms with E-state index in [2.05, 4.69) is 54.6 Å². The van der Waals surface area contributed by atoms with Gasteiger partial charge in [0.05, 0.1) is 13.2 Å². The van der Waals surface area contributed by atoms with Crippen LogP contribution in [0.1, 0.15) is 22.6 Å². The number of hydrogen-bond donors (Lipinski definition) is 0. The molecule has 0 aromatic heterocycles. The number of benzene rings is 2. The molecule has 0 bridgehead atoms. The van der Waals surface area contributed by atoms with Crippen molar-refractivity contribution < 1.29 is 4.74 Å². The first-order valence-corrected chi connectivity index (χ1v) is 6.13. The second kappa shape index (κ2) is 4.72. The summed E-state index contributed by atoms with van der Waals surface area (Å²) in [5, 5.41) is 0. The fourth-order valence-electron chi connectivity index (χ4n) is 2.47. The van der Waals surface area contributed by atoms with E-state index in [1.165, 1.54) is 16.7 Å². The Morgan fingerprint density at radius 2 is 1.53 bits per heavy atom. The molecule has 1 heteroatoms. The zero-order chi connectivity index (χ0) is 11.5. The Bertz CT molecular complexity index is 490. The van der Waals surface area contributed by atoms with Gasteiger partial charge in [0.25, 0.3) is 0 Å². The van der Waals surface area contributed by atoms with Crippen LogP contribution in [0.3, 0.4) is 0 Å². The van der Waals surface area contributed by atoms with E-state index in [0.29, 0.717) is 5.92 Å². The van der Waals surface area contributed by atoms with Crippen LogP contribution in [-0.4, -0.2) is 6.61 Å². The zero-order valence-electron chi connectivity index (χ0n) is 9.80. The number of ether oxygens (including phenoxy) is 1. The summed E-state index contributed by atoms with van der Waals surface area (Å²) in [4.78, 5) is 0. The van der Waals surface area contributed by atoms with Crippen molar-refractivity contribution in [3.63, 3.8) is 0 Å². The summed E-state index contributed by atoms with van der Waals surface area (Å²) in [6, 6.07) is 19.3. The molecule has 0 spiro atoms. The third-order valence-corrected chi connectivity index (χ3v) is 3.43. The van der Waals surface area contributed by atoms with Gasteiger partial charge in [0.1, 0.15) is 0 Å². The zero-order valence-corrected chi connectivity index (χ0v) is 9.80. The molecule has 1 unspecified atom stereocenters. The lowest BCUT2D eigenvalue weighted by Crippen LogP contribution is -2.07. The Labute approximate surface area is 102 Å². The highest BCUT2D eigenvalue weighted by Crippen LogP contribution is 2.26. The van der Waals surface area contributed by atoms with Crippen LogP contribution in [0, 0.1) is 0 Å². The van der Waals surface area contributed by atoms with E-state index < -0.39 is 0 Å². The van der Waals surface area contributed by atoms with E-state index in [1.54, 1.807) is 0 Å². The summed E-state index contributed by atoms with van der Waals surface area (Å²) in [6.07, 6.45) is 1.08. The summed E-state index contributed by atoms with van der Waals surface area (Å²) in [6.45, 7) is 1.57. The minimum Gasteiger partial charge on any atom is -0.376 e. The SMILES string of the molecule is c1ccc(C2COCc3ccccc3C2)cc1. The lowest BCUT2D eigenvalue weighted by molar-refractivity contribution is 0.114.